The third-order valence-electron chi connectivity index (χ3n) is 4.51. The predicted molar refractivity (Wildman–Crippen MR) is 106 cm³/mol. The third-order valence-corrected chi connectivity index (χ3v) is 4.51. The number of carbonyl (C=O) groups is 1. The van der Waals surface area contributed by atoms with Gasteiger partial charge in [-0.25, -0.2) is 8.78 Å². The highest BCUT2D eigenvalue weighted by atomic mass is 19.1. The molecule has 144 valence electrons. The van der Waals surface area contributed by atoms with Crippen LogP contribution in [0.25, 0.3) is 0 Å². The zero-order chi connectivity index (χ0) is 19.9. The SMILES string of the molecule is C=CCN(Cc1cccn1Cc1ccc(F)cc1)C(=O)Cc1ccc(F)cc1. The average Bonchev–Trinajstić information content (AvgIpc) is 3.12. The monoisotopic (exact) mass is 380 g/mol. The van der Waals surface area contributed by atoms with Gasteiger partial charge >= 0.3 is 0 Å². The zero-order valence-corrected chi connectivity index (χ0v) is 15.5. The molecule has 0 radical (unpaired) electrons. The van der Waals surface area contributed by atoms with Crippen molar-refractivity contribution in [3.8, 4) is 0 Å². The van der Waals surface area contributed by atoms with Crippen LogP contribution in [0.15, 0.2) is 79.5 Å². The van der Waals surface area contributed by atoms with Crippen LogP contribution < -0.4 is 0 Å². The van der Waals surface area contributed by atoms with Crippen molar-refractivity contribution in [3.05, 3.63) is 108 Å². The van der Waals surface area contributed by atoms with E-state index < -0.39 is 0 Å². The Morgan fingerprint density at radius 2 is 1.57 bits per heavy atom. The van der Waals surface area contributed by atoms with Crippen molar-refractivity contribution in [3.63, 3.8) is 0 Å². The maximum atomic E-state index is 13.1. The summed E-state index contributed by atoms with van der Waals surface area (Å²) in [7, 11) is 0. The van der Waals surface area contributed by atoms with Crippen LogP contribution in [0.3, 0.4) is 0 Å². The van der Waals surface area contributed by atoms with E-state index in [0.717, 1.165) is 16.8 Å². The molecule has 28 heavy (non-hydrogen) atoms. The molecule has 0 aliphatic heterocycles. The number of halogens is 2. The first-order chi connectivity index (χ1) is 13.5. The van der Waals surface area contributed by atoms with E-state index in [0.29, 0.717) is 19.6 Å². The van der Waals surface area contributed by atoms with E-state index in [1.807, 2.05) is 22.9 Å². The number of carbonyl (C=O) groups excluding carboxylic acids is 1. The second-order valence-electron chi connectivity index (χ2n) is 6.62. The molecule has 3 nitrogen and oxygen atoms in total. The first-order valence-electron chi connectivity index (χ1n) is 9.06. The van der Waals surface area contributed by atoms with E-state index in [9.17, 15) is 13.6 Å². The Labute approximate surface area is 163 Å². The van der Waals surface area contributed by atoms with E-state index in [4.69, 9.17) is 0 Å². The summed E-state index contributed by atoms with van der Waals surface area (Å²) >= 11 is 0. The van der Waals surface area contributed by atoms with Gasteiger partial charge in [0.05, 0.1) is 13.0 Å². The second-order valence-corrected chi connectivity index (χ2v) is 6.62. The Bertz CT molecular complexity index is 930. The van der Waals surface area contributed by atoms with Crippen molar-refractivity contribution in [2.45, 2.75) is 19.5 Å². The second kappa shape index (κ2) is 9.13. The van der Waals surface area contributed by atoms with Crippen molar-refractivity contribution < 1.29 is 13.6 Å². The van der Waals surface area contributed by atoms with Gasteiger partial charge in [-0.1, -0.05) is 30.3 Å². The Morgan fingerprint density at radius 1 is 0.964 bits per heavy atom. The number of hydrogen-bond donors (Lipinski definition) is 0. The lowest BCUT2D eigenvalue weighted by Gasteiger charge is -2.22. The van der Waals surface area contributed by atoms with Crippen molar-refractivity contribution in [1.29, 1.82) is 0 Å². The molecular formula is C23H22F2N2O. The summed E-state index contributed by atoms with van der Waals surface area (Å²) in [6.45, 7) is 5.19. The van der Waals surface area contributed by atoms with Crippen molar-refractivity contribution in [1.82, 2.24) is 9.47 Å². The van der Waals surface area contributed by atoms with Crippen LogP contribution in [-0.4, -0.2) is 21.9 Å². The van der Waals surface area contributed by atoms with Gasteiger partial charge in [-0.15, -0.1) is 6.58 Å². The summed E-state index contributed by atoms with van der Waals surface area (Å²) in [5.41, 5.74) is 2.72. The lowest BCUT2D eigenvalue weighted by Crippen LogP contribution is -2.32. The summed E-state index contributed by atoms with van der Waals surface area (Å²) in [5.74, 6) is -0.640. The van der Waals surface area contributed by atoms with Gasteiger partial charge in [-0.3, -0.25) is 4.79 Å². The number of aromatic nitrogens is 1. The summed E-state index contributed by atoms with van der Waals surface area (Å²) in [5, 5.41) is 0. The topological polar surface area (TPSA) is 25.2 Å². The summed E-state index contributed by atoms with van der Waals surface area (Å²) in [4.78, 5) is 14.5. The molecule has 0 unspecified atom stereocenters. The van der Waals surface area contributed by atoms with Crippen LogP contribution in [0.5, 0.6) is 0 Å². The molecule has 1 amide bonds. The molecule has 0 saturated heterocycles. The van der Waals surface area contributed by atoms with Crippen LogP contribution in [0.4, 0.5) is 8.78 Å². The fraction of sp³-hybridized carbons (Fsp3) is 0.174. The lowest BCUT2D eigenvalue weighted by molar-refractivity contribution is -0.130. The molecule has 0 N–H and O–H groups in total. The number of hydrogen-bond acceptors (Lipinski definition) is 1. The van der Waals surface area contributed by atoms with Crippen LogP contribution >= 0.6 is 0 Å². The molecule has 0 aliphatic rings. The molecule has 0 atom stereocenters. The predicted octanol–water partition coefficient (Wildman–Crippen LogP) is 4.57. The molecule has 0 spiro atoms. The number of nitrogens with zero attached hydrogens (tertiary/aromatic N) is 2. The fourth-order valence-electron chi connectivity index (χ4n) is 3.03. The zero-order valence-electron chi connectivity index (χ0n) is 15.5. The minimum atomic E-state index is -0.322. The van der Waals surface area contributed by atoms with Gasteiger partial charge in [0.2, 0.25) is 5.91 Å². The largest absolute Gasteiger partial charge is 0.345 e. The highest BCUT2D eigenvalue weighted by molar-refractivity contribution is 5.78. The quantitative estimate of drug-likeness (QED) is 0.526. The molecule has 1 aromatic heterocycles. The Morgan fingerprint density at radius 3 is 2.18 bits per heavy atom. The number of benzene rings is 2. The molecule has 0 bridgehead atoms. The van der Waals surface area contributed by atoms with Gasteiger partial charge in [0.25, 0.3) is 0 Å². The van der Waals surface area contributed by atoms with Crippen molar-refractivity contribution in [2.24, 2.45) is 0 Å². The summed E-state index contributed by atoms with van der Waals surface area (Å²) < 4.78 is 28.2. The average molecular weight is 380 g/mol. The maximum absolute atomic E-state index is 13.1. The molecule has 0 saturated carbocycles. The summed E-state index contributed by atoms with van der Waals surface area (Å²) in [6, 6.07) is 16.2. The number of amides is 1. The molecule has 3 aromatic rings. The van der Waals surface area contributed by atoms with Crippen LogP contribution in [-0.2, 0) is 24.3 Å². The lowest BCUT2D eigenvalue weighted by atomic mass is 10.1. The van der Waals surface area contributed by atoms with E-state index in [1.165, 1.54) is 24.3 Å². The van der Waals surface area contributed by atoms with Crippen molar-refractivity contribution in [2.75, 3.05) is 6.54 Å². The highest BCUT2D eigenvalue weighted by Crippen LogP contribution is 2.13. The fourth-order valence-corrected chi connectivity index (χ4v) is 3.03. The Hall–Kier alpha value is -3.21. The van der Waals surface area contributed by atoms with Crippen LogP contribution in [0, 0.1) is 11.6 Å². The molecule has 0 fully saturated rings. The first-order valence-corrected chi connectivity index (χ1v) is 9.06. The molecule has 1 heterocycles. The first kappa shape index (κ1) is 19.5. The normalized spacial score (nSPS) is 10.6. The minimum Gasteiger partial charge on any atom is -0.345 e. The smallest absolute Gasteiger partial charge is 0.227 e. The molecular weight excluding hydrogens is 358 g/mol. The number of rotatable bonds is 8. The maximum Gasteiger partial charge on any atom is 0.227 e. The standard InChI is InChI=1S/C23H22F2N2O/c1-2-13-27(23(28)15-18-5-9-20(24)10-6-18)17-22-4-3-14-26(22)16-19-7-11-21(25)12-8-19/h2-12,14H,1,13,15-17H2. The van der Waals surface area contributed by atoms with E-state index in [2.05, 4.69) is 6.58 Å². The van der Waals surface area contributed by atoms with E-state index >= 15 is 0 Å². The highest BCUT2D eigenvalue weighted by Gasteiger charge is 2.15. The molecule has 3 rings (SSSR count). The van der Waals surface area contributed by atoms with Crippen molar-refractivity contribution >= 4 is 5.91 Å². The van der Waals surface area contributed by atoms with Gasteiger partial charge in [-0.2, -0.15) is 0 Å². The minimum absolute atomic E-state index is 0.0546. The van der Waals surface area contributed by atoms with Gasteiger partial charge in [0.15, 0.2) is 0 Å². The van der Waals surface area contributed by atoms with E-state index in [-0.39, 0.29) is 24.0 Å². The third kappa shape index (κ3) is 5.16. The van der Waals surface area contributed by atoms with Gasteiger partial charge in [0, 0.05) is 25.0 Å². The Kier molecular flexibility index (Phi) is 6.37. The van der Waals surface area contributed by atoms with Crippen LogP contribution in [0.2, 0.25) is 0 Å². The summed E-state index contributed by atoms with van der Waals surface area (Å²) in [6.07, 6.45) is 3.83. The molecule has 2 aromatic carbocycles. The van der Waals surface area contributed by atoms with E-state index in [1.54, 1.807) is 35.2 Å². The molecule has 5 heteroatoms. The van der Waals surface area contributed by atoms with Gasteiger partial charge < -0.3 is 9.47 Å². The Balaban J connectivity index is 1.71. The van der Waals surface area contributed by atoms with Gasteiger partial charge in [0.1, 0.15) is 11.6 Å². The van der Waals surface area contributed by atoms with Crippen LogP contribution in [0.1, 0.15) is 16.8 Å². The van der Waals surface area contributed by atoms with Gasteiger partial charge in [-0.05, 0) is 47.5 Å². The molecule has 0 aliphatic carbocycles.